The number of aryl methyl sites for hydroxylation is 2. The molecule has 152 valence electrons. The highest BCUT2D eigenvalue weighted by atomic mass is 32.2. The summed E-state index contributed by atoms with van der Waals surface area (Å²) in [5.41, 5.74) is 2.42. The van der Waals surface area contributed by atoms with E-state index in [4.69, 9.17) is 4.74 Å². The third-order valence-corrected chi connectivity index (χ3v) is 9.23. The van der Waals surface area contributed by atoms with E-state index in [1.54, 1.807) is 30.5 Å². The van der Waals surface area contributed by atoms with Crippen molar-refractivity contribution in [2.24, 2.45) is 0 Å². The number of hydrogen-bond donors (Lipinski definition) is 1. The third kappa shape index (κ3) is 4.21. The van der Waals surface area contributed by atoms with Crippen molar-refractivity contribution in [3.05, 3.63) is 53.3 Å². The van der Waals surface area contributed by atoms with Crippen molar-refractivity contribution in [3.8, 4) is 5.75 Å². The highest BCUT2D eigenvalue weighted by Gasteiger charge is 2.46. The van der Waals surface area contributed by atoms with Crippen LogP contribution in [0, 0.1) is 13.8 Å². The van der Waals surface area contributed by atoms with Crippen molar-refractivity contribution < 1.29 is 21.6 Å². The molecule has 28 heavy (non-hydrogen) atoms. The van der Waals surface area contributed by atoms with Gasteiger partial charge in [0.25, 0.3) is 0 Å². The van der Waals surface area contributed by atoms with Crippen molar-refractivity contribution >= 4 is 19.7 Å². The van der Waals surface area contributed by atoms with Gasteiger partial charge in [-0.1, -0.05) is 6.07 Å². The Morgan fingerprint density at radius 2 is 1.89 bits per heavy atom. The largest absolute Gasteiger partial charge is 0.495 e. The van der Waals surface area contributed by atoms with E-state index in [-0.39, 0.29) is 22.9 Å². The van der Waals surface area contributed by atoms with Gasteiger partial charge in [0.2, 0.25) is 0 Å². The van der Waals surface area contributed by atoms with Gasteiger partial charge in [-0.15, -0.1) is 0 Å². The Morgan fingerprint density at radius 1 is 1.18 bits per heavy atom. The zero-order chi connectivity index (χ0) is 20.5. The van der Waals surface area contributed by atoms with Crippen LogP contribution in [0.1, 0.15) is 16.8 Å². The van der Waals surface area contributed by atoms with Gasteiger partial charge in [-0.2, -0.15) is 0 Å². The van der Waals surface area contributed by atoms with Crippen molar-refractivity contribution in [1.29, 1.82) is 0 Å². The molecule has 3 rings (SSSR count). The standard InChI is InChI=1S/C19H24N2O5S2/c1-13-8-17(26-3)18(9-14(13)2)28(24,25)19-12-27(22,23)11-16(19)21-10-15-6-4-5-7-20-15/h4-9,16,19,21H,10-12H2,1-3H3/t16-,19-/m0/s1. The maximum absolute atomic E-state index is 13.4. The lowest BCUT2D eigenvalue weighted by molar-refractivity contribution is 0.401. The van der Waals surface area contributed by atoms with Crippen LogP contribution in [0.25, 0.3) is 0 Å². The highest BCUT2D eigenvalue weighted by Crippen LogP contribution is 2.33. The van der Waals surface area contributed by atoms with Crippen molar-refractivity contribution in [2.45, 2.75) is 36.6 Å². The average molecular weight is 425 g/mol. The van der Waals surface area contributed by atoms with Gasteiger partial charge in [0, 0.05) is 18.8 Å². The highest BCUT2D eigenvalue weighted by molar-refractivity contribution is 7.96. The quantitative estimate of drug-likeness (QED) is 0.748. The molecule has 2 atom stereocenters. The van der Waals surface area contributed by atoms with Gasteiger partial charge in [0.1, 0.15) is 10.6 Å². The number of sulfone groups is 2. The fourth-order valence-corrected chi connectivity index (χ4v) is 8.30. The number of ether oxygens (including phenoxy) is 1. The molecule has 0 saturated carbocycles. The molecule has 2 aromatic rings. The molecule has 1 saturated heterocycles. The van der Waals surface area contributed by atoms with E-state index >= 15 is 0 Å². The van der Waals surface area contributed by atoms with Crippen molar-refractivity contribution in [2.75, 3.05) is 18.6 Å². The molecule has 0 radical (unpaired) electrons. The summed E-state index contributed by atoms with van der Waals surface area (Å²) in [6.07, 6.45) is 1.64. The van der Waals surface area contributed by atoms with Gasteiger partial charge in [0.15, 0.2) is 19.7 Å². The van der Waals surface area contributed by atoms with Crippen molar-refractivity contribution in [1.82, 2.24) is 10.3 Å². The van der Waals surface area contributed by atoms with Crippen LogP contribution in [0.5, 0.6) is 5.75 Å². The molecule has 1 aliphatic rings. The zero-order valence-corrected chi connectivity index (χ0v) is 17.7. The normalized spacial score (nSPS) is 21.5. The summed E-state index contributed by atoms with van der Waals surface area (Å²) in [5, 5.41) is 2.00. The zero-order valence-electron chi connectivity index (χ0n) is 16.0. The number of nitrogens with one attached hydrogen (secondary N) is 1. The van der Waals surface area contributed by atoms with Crippen LogP contribution in [0.2, 0.25) is 0 Å². The van der Waals surface area contributed by atoms with E-state index < -0.39 is 36.7 Å². The molecular weight excluding hydrogens is 400 g/mol. The van der Waals surface area contributed by atoms with Gasteiger partial charge in [0.05, 0.1) is 29.6 Å². The first kappa shape index (κ1) is 20.8. The molecule has 0 amide bonds. The SMILES string of the molecule is COc1cc(C)c(C)cc1S(=O)(=O)[C@H]1CS(=O)(=O)C[C@@H]1NCc1ccccn1. The van der Waals surface area contributed by atoms with Gasteiger partial charge in [-0.05, 0) is 49.2 Å². The summed E-state index contributed by atoms with van der Waals surface area (Å²) in [6.45, 7) is 3.97. The lowest BCUT2D eigenvalue weighted by Crippen LogP contribution is -2.43. The first-order valence-electron chi connectivity index (χ1n) is 8.87. The smallest absolute Gasteiger partial charge is 0.187 e. The molecule has 2 heterocycles. The van der Waals surface area contributed by atoms with E-state index in [1.165, 1.54) is 7.11 Å². The first-order valence-corrected chi connectivity index (χ1v) is 12.2. The summed E-state index contributed by atoms with van der Waals surface area (Å²) in [7, 11) is -6.01. The van der Waals surface area contributed by atoms with E-state index in [0.717, 1.165) is 11.1 Å². The van der Waals surface area contributed by atoms with Gasteiger partial charge in [-0.3, -0.25) is 4.98 Å². The molecule has 1 N–H and O–H groups in total. The summed E-state index contributed by atoms with van der Waals surface area (Å²) >= 11 is 0. The Hall–Kier alpha value is -1.97. The van der Waals surface area contributed by atoms with Crippen LogP contribution in [0.4, 0.5) is 0 Å². The second-order valence-corrected chi connectivity index (χ2v) is 11.3. The minimum absolute atomic E-state index is 0.0323. The molecule has 9 heteroatoms. The maximum Gasteiger partial charge on any atom is 0.187 e. The number of rotatable bonds is 6. The van der Waals surface area contributed by atoms with Crippen LogP contribution in [-0.2, 0) is 26.2 Å². The Kier molecular flexibility index (Phi) is 5.79. The molecule has 0 unspecified atom stereocenters. The Labute approximate surface area is 166 Å². The predicted octanol–water partition coefficient (Wildman–Crippen LogP) is 1.44. The second-order valence-electron chi connectivity index (χ2n) is 7.06. The van der Waals surface area contributed by atoms with Crippen LogP contribution in [0.15, 0.2) is 41.4 Å². The number of pyridine rings is 1. The Bertz CT molecular complexity index is 1070. The number of methoxy groups -OCH3 is 1. The van der Waals surface area contributed by atoms with Gasteiger partial charge >= 0.3 is 0 Å². The van der Waals surface area contributed by atoms with Crippen LogP contribution in [0.3, 0.4) is 0 Å². The van der Waals surface area contributed by atoms with Crippen LogP contribution in [-0.4, -0.2) is 51.7 Å². The monoisotopic (exact) mass is 424 g/mol. The summed E-state index contributed by atoms with van der Waals surface area (Å²) in [5.74, 6) is -0.404. The van der Waals surface area contributed by atoms with E-state index in [1.807, 2.05) is 19.9 Å². The topological polar surface area (TPSA) is 102 Å². The fourth-order valence-electron chi connectivity index (χ4n) is 3.36. The van der Waals surface area contributed by atoms with E-state index in [9.17, 15) is 16.8 Å². The summed E-state index contributed by atoms with van der Waals surface area (Å²) in [6, 6.07) is 7.91. The van der Waals surface area contributed by atoms with Gasteiger partial charge < -0.3 is 10.1 Å². The molecule has 0 spiro atoms. The average Bonchev–Trinajstić information content (AvgIpc) is 2.98. The molecule has 0 bridgehead atoms. The summed E-state index contributed by atoms with van der Waals surface area (Å²) < 4.78 is 56.6. The number of hydrogen-bond acceptors (Lipinski definition) is 7. The second kappa shape index (κ2) is 7.81. The van der Waals surface area contributed by atoms with Crippen molar-refractivity contribution in [3.63, 3.8) is 0 Å². The van der Waals surface area contributed by atoms with Crippen LogP contribution >= 0.6 is 0 Å². The van der Waals surface area contributed by atoms with Crippen LogP contribution < -0.4 is 10.1 Å². The number of nitrogens with zero attached hydrogens (tertiary/aromatic N) is 1. The lowest BCUT2D eigenvalue weighted by Gasteiger charge is -2.21. The molecule has 1 aromatic heterocycles. The number of benzene rings is 1. The molecule has 0 aliphatic carbocycles. The lowest BCUT2D eigenvalue weighted by atomic mass is 10.1. The summed E-state index contributed by atoms with van der Waals surface area (Å²) in [4.78, 5) is 4.22. The maximum atomic E-state index is 13.4. The Morgan fingerprint density at radius 3 is 2.54 bits per heavy atom. The molecular formula is C19H24N2O5S2. The molecule has 1 aliphatic heterocycles. The molecule has 7 nitrogen and oxygen atoms in total. The van der Waals surface area contributed by atoms with E-state index in [2.05, 4.69) is 10.3 Å². The predicted molar refractivity (Wildman–Crippen MR) is 107 cm³/mol. The van der Waals surface area contributed by atoms with Gasteiger partial charge in [-0.25, -0.2) is 16.8 Å². The van der Waals surface area contributed by atoms with E-state index in [0.29, 0.717) is 5.69 Å². The third-order valence-electron chi connectivity index (χ3n) is 5.06. The number of aromatic nitrogens is 1. The minimum Gasteiger partial charge on any atom is -0.495 e. The Balaban J connectivity index is 1.95. The first-order chi connectivity index (χ1) is 13.1. The minimum atomic E-state index is -3.93. The molecule has 1 aromatic carbocycles. The molecule has 1 fully saturated rings. The fraction of sp³-hybridized carbons (Fsp3) is 0.421.